The molecule has 4 rings (SSSR count). The summed E-state index contributed by atoms with van der Waals surface area (Å²) in [4.78, 5) is 13.5. The Morgan fingerprint density at radius 2 is 2.08 bits per heavy atom. The average Bonchev–Trinajstić information content (AvgIpc) is 3.17. The van der Waals surface area contributed by atoms with E-state index in [4.69, 9.17) is 14.5 Å². The monoisotopic (exact) mass is 349 g/mol. The fourth-order valence-electron chi connectivity index (χ4n) is 2.91. The van der Waals surface area contributed by atoms with Crippen molar-refractivity contribution in [2.24, 2.45) is 4.99 Å². The van der Waals surface area contributed by atoms with Gasteiger partial charge < -0.3 is 19.2 Å². The van der Waals surface area contributed by atoms with E-state index in [2.05, 4.69) is 21.4 Å². The molecule has 7 nitrogen and oxygen atoms in total. The predicted molar refractivity (Wildman–Crippen MR) is 101 cm³/mol. The fourth-order valence-corrected chi connectivity index (χ4v) is 2.91. The highest BCUT2D eigenvalue weighted by Crippen LogP contribution is 2.31. The summed E-state index contributed by atoms with van der Waals surface area (Å²) in [7, 11) is 3.23. The summed E-state index contributed by atoms with van der Waals surface area (Å²) >= 11 is 0. The lowest BCUT2D eigenvalue weighted by molar-refractivity contribution is 0.355. The van der Waals surface area contributed by atoms with Crippen molar-refractivity contribution in [3.8, 4) is 11.5 Å². The molecule has 1 N–H and O–H groups in total. The van der Waals surface area contributed by atoms with Crippen LogP contribution in [0.1, 0.15) is 11.6 Å². The third-order valence-electron chi connectivity index (χ3n) is 4.20. The molecule has 0 aliphatic carbocycles. The first kappa shape index (κ1) is 16.1. The van der Waals surface area contributed by atoms with E-state index < -0.39 is 0 Å². The number of rotatable bonds is 5. The number of dihydropyridines is 1. The van der Waals surface area contributed by atoms with Crippen LogP contribution in [-0.2, 0) is 0 Å². The lowest BCUT2D eigenvalue weighted by Gasteiger charge is -2.15. The second-order valence-electron chi connectivity index (χ2n) is 5.84. The molecule has 1 aliphatic heterocycles. The Morgan fingerprint density at radius 3 is 2.85 bits per heavy atom. The molecule has 0 fully saturated rings. The summed E-state index contributed by atoms with van der Waals surface area (Å²) in [6, 6.07) is 5.63. The van der Waals surface area contributed by atoms with E-state index in [0.717, 1.165) is 23.6 Å². The lowest BCUT2D eigenvalue weighted by Crippen LogP contribution is -2.08. The van der Waals surface area contributed by atoms with Crippen LogP contribution < -0.4 is 14.8 Å². The van der Waals surface area contributed by atoms with Gasteiger partial charge in [0.2, 0.25) is 0 Å². The quantitative estimate of drug-likeness (QED) is 0.716. The molecule has 3 aromatic rings. The van der Waals surface area contributed by atoms with Crippen LogP contribution in [0, 0.1) is 0 Å². The molecule has 7 heteroatoms. The molecule has 1 aromatic carbocycles. The van der Waals surface area contributed by atoms with Crippen LogP contribution in [-0.4, -0.2) is 41.3 Å². The molecule has 0 spiro atoms. The number of nitrogens with one attached hydrogen (secondary N) is 1. The van der Waals surface area contributed by atoms with E-state index in [1.165, 1.54) is 0 Å². The molecule has 0 amide bonds. The molecule has 0 saturated heterocycles. The zero-order chi connectivity index (χ0) is 17.9. The van der Waals surface area contributed by atoms with Gasteiger partial charge in [-0.1, -0.05) is 12.2 Å². The third kappa shape index (κ3) is 2.99. The van der Waals surface area contributed by atoms with Crippen molar-refractivity contribution >= 4 is 23.4 Å². The molecule has 0 radical (unpaired) electrons. The number of aromatic nitrogens is 3. The molecule has 2 aromatic heterocycles. The highest BCUT2D eigenvalue weighted by Gasteiger charge is 2.15. The number of benzene rings is 1. The molecule has 1 unspecified atom stereocenters. The van der Waals surface area contributed by atoms with E-state index in [1.54, 1.807) is 20.4 Å². The summed E-state index contributed by atoms with van der Waals surface area (Å²) in [5, 5.41) is 3.34. The van der Waals surface area contributed by atoms with Gasteiger partial charge in [0.15, 0.2) is 23.0 Å². The van der Waals surface area contributed by atoms with Crippen LogP contribution in [0.5, 0.6) is 11.5 Å². The van der Waals surface area contributed by atoms with Crippen LogP contribution in [0.3, 0.4) is 0 Å². The van der Waals surface area contributed by atoms with Crippen molar-refractivity contribution in [1.82, 2.24) is 14.4 Å². The maximum Gasteiger partial charge on any atom is 0.180 e. The topological polar surface area (TPSA) is 73.0 Å². The molecule has 1 atom stereocenters. The molecule has 0 saturated carbocycles. The Kier molecular flexibility index (Phi) is 4.27. The number of fused-ring (bicyclic) bond motifs is 1. The summed E-state index contributed by atoms with van der Waals surface area (Å²) in [6.07, 6.45) is 11.7. The molecule has 3 heterocycles. The summed E-state index contributed by atoms with van der Waals surface area (Å²) in [5.41, 5.74) is 2.49. The highest BCUT2D eigenvalue weighted by molar-refractivity contribution is 5.75. The fraction of sp³-hybridized carbons (Fsp3) is 0.211. The Bertz CT molecular complexity index is 981. The zero-order valence-corrected chi connectivity index (χ0v) is 14.6. The van der Waals surface area contributed by atoms with Crippen LogP contribution in [0.15, 0.2) is 53.9 Å². The van der Waals surface area contributed by atoms with Crippen LogP contribution in [0.25, 0.3) is 5.65 Å². The van der Waals surface area contributed by atoms with Gasteiger partial charge in [0, 0.05) is 36.6 Å². The minimum absolute atomic E-state index is 0.0569. The Hall–Kier alpha value is -3.35. The van der Waals surface area contributed by atoms with Gasteiger partial charge in [0.1, 0.15) is 0 Å². The molecule has 132 valence electrons. The van der Waals surface area contributed by atoms with Gasteiger partial charge in [-0.15, -0.1) is 0 Å². The number of ether oxygens (including phenoxy) is 2. The minimum atomic E-state index is 0.0569. The molecule has 0 bridgehead atoms. The number of methoxy groups -OCH3 is 2. The number of aliphatic imine (C=N–C) groups is 1. The molecule has 26 heavy (non-hydrogen) atoms. The zero-order valence-electron chi connectivity index (χ0n) is 14.6. The van der Waals surface area contributed by atoms with Crippen molar-refractivity contribution in [2.45, 2.75) is 5.92 Å². The molecular weight excluding hydrogens is 330 g/mol. The van der Waals surface area contributed by atoms with Crippen molar-refractivity contribution < 1.29 is 9.47 Å². The number of imidazole rings is 1. The summed E-state index contributed by atoms with van der Waals surface area (Å²) < 4.78 is 12.6. The molecular formula is C19H19N5O2. The van der Waals surface area contributed by atoms with Gasteiger partial charge in [-0.05, 0) is 12.1 Å². The number of hydrogen-bond acceptors (Lipinski definition) is 6. The maximum atomic E-state index is 5.37. The van der Waals surface area contributed by atoms with E-state index in [-0.39, 0.29) is 5.92 Å². The maximum absolute atomic E-state index is 5.37. The van der Waals surface area contributed by atoms with Crippen LogP contribution in [0.2, 0.25) is 0 Å². The van der Waals surface area contributed by atoms with Crippen molar-refractivity contribution in [3.05, 3.63) is 54.6 Å². The van der Waals surface area contributed by atoms with Gasteiger partial charge >= 0.3 is 0 Å². The lowest BCUT2D eigenvalue weighted by atomic mass is 10.1. The SMILES string of the molecule is COc1ccc(Nc2nc(C3C=CCN=C3)cn3ccnc23)cc1OC. The summed E-state index contributed by atoms with van der Waals surface area (Å²) in [5.74, 6) is 2.05. The van der Waals surface area contributed by atoms with Gasteiger partial charge in [-0.25, -0.2) is 9.97 Å². The van der Waals surface area contributed by atoms with Crippen molar-refractivity contribution in [1.29, 1.82) is 0 Å². The Labute approximate surface area is 151 Å². The van der Waals surface area contributed by atoms with Gasteiger partial charge in [0.05, 0.1) is 32.4 Å². The average molecular weight is 349 g/mol. The van der Waals surface area contributed by atoms with E-state index >= 15 is 0 Å². The smallest absolute Gasteiger partial charge is 0.180 e. The van der Waals surface area contributed by atoms with E-state index in [0.29, 0.717) is 17.3 Å². The first-order chi connectivity index (χ1) is 12.8. The minimum Gasteiger partial charge on any atom is -0.493 e. The Balaban J connectivity index is 1.73. The highest BCUT2D eigenvalue weighted by atomic mass is 16.5. The van der Waals surface area contributed by atoms with Crippen LogP contribution in [0.4, 0.5) is 11.5 Å². The largest absolute Gasteiger partial charge is 0.493 e. The predicted octanol–water partition coefficient (Wildman–Crippen LogP) is 3.21. The third-order valence-corrected chi connectivity index (χ3v) is 4.20. The molecule has 1 aliphatic rings. The standard InChI is InChI=1S/C19H19N5O2/c1-25-16-6-5-14(10-17(16)26-2)22-18-19-21-8-9-24(19)12-15(23-18)13-4-3-7-20-11-13/h3-6,8-13H,7H2,1-2H3,(H,22,23). The van der Waals surface area contributed by atoms with Gasteiger partial charge in [0.25, 0.3) is 0 Å². The number of hydrogen-bond donors (Lipinski definition) is 1. The first-order valence-corrected chi connectivity index (χ1v) is 8.28. The number of anilines is 2. The van der Waals surface area contributed by atoms with Gasteiger partial charge in [-0.2, -0.15) is 0 Å². The Morgan fingerprint density at radius 1 is 1.19 bits per heavy atom. The van der Waals surface area contributed by atoms with Crippen molar-refractivity contribution in [2.75, 3.05) is 26.1 Å². The first-order valence-electron chi connectivity index (χ1n) is 8.28. The van der Waals surface area contributed by atoms with Gasteiger partial charge in [-0.3, -0.25) is 4.99 Å². The van der Waals surface area contributed by atoms with Crippen LogP contribution >= 0.6 is 0 Å². The second kappa shape index (κ2) is 6.87. The summed E-state index contributed by atoms with van der Waals surface area (Å²) in [6.45, 7) is 0.723. The second-order valence-corrected chi connectivity index (χ2v) is 5.84. The van der Waals surface area contributed by atoms with E-state index in [1.807, 2.05) is 47.3 Å². The normalized spacial score (nSPS) is 16.0. The van der Waals surface area contributed by atoms with E-state index in [9.17, 15) is 0 Å². The number of nitrogens with zero attached hydrogens (tertiary/aromatic N) is 4. The van der Waals surface area contributed by atoms with Crippen molar-refractivity contribution in [3.63, 3.8) is 0 Å². The number of allylic oxidation sites excluding steroid dienone is 1.